The smallest absolute Gasteiger partial charge is 0.0519 e. The molecule has 2 aromatic rings. The van der Waals surface area contributed by atoms with Crippen molar-refractivity contribution in [2.24, 2.45) is 0 Å². The molecule has 0 unspecified atom stereocenters. The Bertz CT molecular complexity index is 725. The molecule has 0 radical (unpaired) electrons. The summed E-state index contributed by atoms with van der Waals surface area (Å²) in [5.41, 5.74) is 10.3. The van der Waals surface area contributed by atoms with Gasteiger partial charge in [-0.15, -0.1) is 0 Å². The molecule has 0 N–H and O–H groups in total. The van der Waals surface area contributed by atoms with Gasteiger partial charge < -0.3 is 4.90 Å². The maximum atomic E-state index is 2.47. The molecule has 2 aliphatic carbocycles. The number of hydrogen-bond donors (Lipinski definition) is 0. The SMILES string of the molecule is CC1=Cc2c(cc3c(c2N(C)c2ccccc2)CCC3)C1. The van der Waals surface area contributed by atoms with Gasteiger partial charge in [-0.05, 0) is 61.4 Å². The Morgan fingerprint density at radius 1 is 1.00 bits per heavy atom. The van der Waals surface area contributed by atoms with Gasteiger partial charge in [0.25, 0.3) is 0 Å². The predicted octanol–water partition coefficient (Wildman–Crippen LogP) is 4.90. The number of para-hydroxylation sites is 1. The number of benzene rings is 2. The molecule has 0 amide bonds. The van der Waals surface area contributed by atoms with Gasteiger partial charge in [0, 0.05) is 18.3 Å². The number of fused-ring (bicyclic) bond motifs is 2. The Hall–Kier alpha value is -2.02. The highest BCUT2D eigenvalue weighted by atomic mass is 15.1. The molecule has 0 heterocycles. The van der Waals surface area contributed by atoms with Crippen molar-refractivity contribution in [1.29, 1.82) is 0 Å². The van der Waals surface area contributed by atoms with E-state index in [9.17, 15) is 0 Å². The van der Waals surface area contributed by atoms with Crippen molar-refractivity contribution in [1.82, 2.24) is 0 Å². The zero-order valence-electron chi connectivity index (χ0n) is 12.8. The van der Waals surface area contributed by atoms with Crippen LogP contribution in [0.5, 0.6) is 0 Å². The van der Waals surface area contributed by atoms with E-state index in [0.717, 1.165) is 6.42 Å². The lowest BCUT2D eigenvalue weighted by atomic mass is 9.97. The van der Waals surface area contributed by atoms with Crippen LogP contribution in [0.1, 0.15) is 35.6 Å². The maximum Gasteiger partial charge on any atom is 0.0519 e. The van der Waals surface area contributed by atoms with Gasteiger partial charge in [-0.1, -0.05) is 35.9 Å². The van der Waals surface area contributed by atoms with Crippen molar-refractivity contribution < 1.29 is 0 Å². The summed E-state index contributed by atoms with van der Waals surface area (Å²) in [7, 11) is 2.21. The highest BCUT2D eigenvalue weighted by molar-refractivity contribution is 5.83. The van der Waals surface area contributed by atoms with E-state index in [0.29, 0.717) is 0 Å². The summed E-state index contributed by atoms with van der Waals surface area (Å²) < 4.78 is 0. The average Bonchev–Trinajstić information content (AvgIpc) is 3.09. The van der Waals surface area contributed by atoms with Gasteiger partial charge in [-0.25, -0.2) is 0 Å². The standard InChI is InChI=1S/C20H21N/c1-14-11-16-13-15-7-6-10-18(15)20(19(16)12-14)21(2)17-8-4-3-5-9-17/h3-5,8-9,12-13H,6-7,10-11H2,1-2H3. The molecule has 21 heavy (non-hydrogen) atoms. The molecule has 2 aliphatic rings. The molecule has 0 aliphatic heterocycles. The van der Waals surface area contributed by atoms with Gasteiger partial charge in [-0.2, -0.15) is 0 Å². The third-order valence-electron chi connectivity index (χ3n) is 4.83. The van der Waals surface area contributed by atoms with Crippen molar-refractivity contribution in [2.45, 2.75) is 32.6 Å². The molecule has 0 atom stereocenters. The van der Waals surface area contributed by atoms with Gasteiger partial charge in [-0.3, -0.25) is 0 Å². The van der Waals surface area contributed by atoms with E-state index < -0.39 is 0 Å². The second kappa shape index (κ2) is 4.77. The first-order chi connectivity index (χ1) is 10.2. The minimum absolute atomic E-state index is 1.12. The van der Waals surface area contributed by atoms with Crippen LogP contribution in [0.15, 0.2) is 42.0 Å². The van der Waals surface area contributed by atoms with Gasteiger partial charge >= 0.3 is 0 Å². The third-order valence-corrected chi connectivity index (χ3v) is 4.83. The largest absolute Gasteiger partial charge is 0.344 e. The number of rotatable bonds is 2. The number of nitrogens with zero attached hydrogens (tertiary/aromatic N) is 1. The molecular weight excluding hydrogens is 254 g/mol. The lowest BCUT2D eigenvalue weighted by molar-refractivity contribution is 0.910. The number of hydrogen-bond acceptors (Lipinski definition) is 1. The van der Waals surface area contributed by atoms with E-state index >= 15 is 0 Å². The number of allylic oxidation sites excluding steroid dienone is 1. The van der Waals surface area contributed by atoms with Crippen LogP contribution in [-0.4, -0.2) is 7.05 Å². The van der Waals surface area contributed by atoms with Crippen molar-refractivity contribution in [3.05, 3.63) is 64.2 Å². The van der Waals surface area contributed by atoms with Crippen molar-refractivity contribution >= 4 is 17.5 Å². The number of aryl methyl sites for hydroxylation is 1. The average molecular weight is 275 g/mol. The van der Waals surface area contributed by atoms with Crippen molar-refractivity contribution in [3.8, 4) is 0 Å². The van der Waals surface area contributed by atoms with E-state index in [1.165, 1.54) is 47.3 Å². The van der Waals surface area contributed by atoms with Crippen LogP contribution in [0, 0.1) is 0 Å². The molecule has 4 rings (SSSR count). The molecule has 0 saturated heterocycles. The fraction of sp³-hybridized carbons (Fsp3) is 0.300. The summed E-state index contributed by atoms with van der Waals surface area (Å²) in [5, 5.41) is 0. The molecule has 106 valence electrons. The summed E-state index contributed by atoms with van der Waals surface area (Å²) in [6.07, 6.45) is 7.29. The Labute approximate surface area is 126 Å². The molecule has 0 aromatic heterocycles. The Morgan fingerprint density at radius 2 is 1.81 bits per heavy atom. The van der Waals surface area contributed by atoms with Crippen LogP contribution in [0.25, 0.3) is 6.08 Å². The lowest BCUT2D eigenvalue weighted by Gasteiger charge is -2.25. The van der Waals surface area contributed by atoms with E-state index in [1.54, 1.807) is 11.1 Å². The van der Waals surface area contributed by atoms with Gasteiger partial charge in [0.05, 0.1) is 5.69 Å². The molecule has 0 spiro atoms. The second-order valence-corrected chi connectivity index (χ2v) is 6.35. The van der Waals surface area contributed by atoms with E-state index in [1.807, 2.05) is 0 Å². The fourth-order valence-corrected chi connectivity index (χ4v) is 3.87. The first kappa shape index (κ1) is 12.7. The normalized spacial score (nSPS) is 15.6. The minimum Gasteiger partial charge on any atom is -0.344 e. The Balaban J connectivity index is 1.92. The minimum atomic E-state index is 1.12. The predicted molar refractivity (Wildman–Crippen MR) is 90.3 cm³/mol. The Morgan fingerprint density at radius 3 is 2.62 bits per heavy atom. The fourth-order valence-electron chi connectivity index (χ4n) is 3.87. The van der Waals surface area contributed by atoms with E-state index in [2.05, 4.69) is 61.3 Å². The molecule has 0 fully saturated rings. The van der Waals surface area contributed by atoms with Crippen LogP contribution in [0.2, 0.25) is 0 Å². The zero-order valence-corrected chi connectivity index (χ0v) is 12.8. The summed E-state index contributed by atoms with van der Waals surface area (Å²) >= 11 is 0. The highest BCUT2D eigenvalue weighted by Crippen LogP contribution is 2.43. The van der Waals surface area contributed by atoms with E-state index in [-0.39, 0.29) is 0 Å². The first-order valence-electron chi connectivity index (χ1n) is 7.87. The van der Waals surface area contributed by atoms with Gasteiger partial charge in [0.2, 0.25) is 0 Å². The molecule has 0 saturated carbocycles. The molecule has 1 heteroatoms. The van der Waals surface area contributed by atoms with Crippen LogP contribution in [-0.2, 0) is 19.3 Å². The quantitative estimate of drug-likeness (QED) is 0.753. The maximum absolute atomic E-state index is 2.47. The Kier molecular flexibility index (Phi) is 2.88. The van der Waals surface area contributed by atoms with Crippen molar-refractivity contribution in [3.63, 3.8) is 0 Å². The van der Waals surface area contributed by atoms with Crippen LogP contribution in [0.3, 0.4) is 0 Å². The topological polar surface area (TPSA) is 3.24 Å². The second-order valence-electron chi connectivity index (χ2n) is 6.35. The van der Waals surface area contributed by atoms with Crippen LogP contribution in [0.4, 0.5) is 11.4 Å². The first-order valence-corrected chi connectivity index (χ1v) is 7.87. The van der Waals surface area contributed by atoms with Gasteiger partial charge in [0.15, 0.2) is 0 Å². The summed E-state index contributed by atoms with van der Waals surface area (Å²) in [5.74, 6) is 0. The summed E-state index contributed by atoms with van der Waals surface area (Å²) in [6, 6.07) is 13.2. The lowest BCUT2D eigenvalue weighted by Crippen LogP contribution is -2.14. The summed E-state index contributed by atoms with van der Waals surface area (Å²) in [6.45, 7) is 2.25. The van der Waals surface area contributed by atoms with Gasteiger partial charge in [0.1, 0.15) is 0 Å². The number of anilines is 2. The molecule has 2 aromatic carbocycles. The monoisotopic (exact) mass is 275 g/mol. The van der Waals surface area contributed by atoms with Crippen LogP contribution < -0.4 is 4.90 Å². The van der Waals surface area contributed by atoms with Crippen molar-refractivity contribution in [2.75, 3.05) is 11.9 Å². The molecule has 1 nitrogen and oxygen atoms in total. The zero-order chi connectivity index (χ0) is 14.4. The third kappa shape index (κ3) is 1.99. The summed E-state index contributed by atoms with van der Waals surface area (Å²) in [4.78, 5) is 2.39. The van der Waals surface area contributed by atoms with Crippen LogP contribution >= 0.6 is 0 Å². The highest BCUT2D eigenvalue weighted by Gasteiger charge is 2.25. The molecular formula is C20H21N. The molecule has 0 bridgehead atoms. The van der Waals surface area contributed by atoms with E-state index in [4.69, 9.17) is 0 Å².